The van der Waals surface area contributed by atoms with Gasteiger partial charge < -0.3 is 9.88 Å². The number of hydrogen-bond acceptors (Lipinski definition) is 2. The highest BCUT2D eigenvalue weighted by atomic mass is 15.1. The van der Waals surface area contributed by atoms with Crippen LogP contribution in [0.1, 0.15) is 52.3 Å². The van der Waals surface area contributed by atoms with E-state index in [0.29, 0.717) is 6.04 Å². The first kappa shape index (κ1) is 14.2. The highest BCUT2D eigenvalue weighted by Crippen LogP contribution is 2.05. The summed E-state index contributed by atoms with van der Waals surface area (Å²) in [4.78, 5) is 4.39. The van der Waals surface area contributed by atoms with Crippen LogP contribution >= 0.6 is 0 Å². The summed E-state index contributed by atoms with van der Waals surface area (Å²) in [6.07, 6.45) is 10.1. The van der Waals surface area contributed by atoms with Crippen LogP contribution in [0.25, 0.3) is 0 Å². The summed E-state index contributed by atoms with van der Waals surface area (Å²) in [7, 11) is 0. The smallest absolute Gasteiger partial charge is 0.108 e. The molecule has 0 amide bonds. The lowest BCUT2D eigenvalue weighted by Gasteiger charge is -2.09. The molecule has 0 atom stereocenters. The second kappa shape index (κ2) is 8.29. The van der Waals surface area contributed by atoms with Crippen LogP contribution in [0.5, 0.6) is 0 Å². The van der Waals surface area contributed by atoms with Gasteiger partial charge in [0.15, 0.2) is 0 Å². The zero-order valence-electron chi connectivity index (χ0n) is 11.6. The van der Waals surface area contributed by atoms with E-state index in [-0.39, 0.29) is 0 Å². The van der Waals surface area contributed by atoms with Gasteiger partial charge in [-0.3, -0.25) is 0 Å². The first-order chi connectivity index (χ1) is 8.24. The van der Waals surface area contributed by atoms with Gasteiger partial charge >= 0.3 is 0 Å². The van der Waals surface area contributed by atoms with Gasteiger partial charge in [0.2, 0.25) is 0 Å². The number of nitrogens with zero attached hydrogens (tertiary/aromatic N) is 2. The van der Waals surface area contributed by atoms with Crippen molar-refractivity contribution in [2.24, 2.45) is 0 Å². The molecule has 0 saturated carbocycles. The average Bonchev–Trinajstić information content (AvgIpc) is 2.71. The van der Waals surface area contributed by atoms with Crippen LogP contribution in [0.15, 0.2) is 12.4 Å². The fraction of sp³-hybridized carbons (Fsp3) is 0.786. The zero-order valence-corrected chi connectivity index (χ0v) is 11.6. The lowest BCUT2D eigenvalue weighted by atomic mass is 10.2. The molecule has 0 bridgehead atoms. The van der Waals surface area contributed by atoms with Gasteiger partial charge in [-0.25, -0.2) is 4.98 Å². The monoisotopic (exact) mass is 237 g/mol. The van der Waals surface area contributed by atoms with Crippen LogP contribution in [0, 0.1) is 0 Å². The highest BCUT2D eigenvalue weighted by Gasteiger charge is 2.00. The van der Waals surface area contributed by atoms with E-state index >= 15 is 0 Å². The van der Waals surface area contributed by atoms with Gasteiger partial charge in [0.1, 0.15) is 5.82 Å². The average molecular weight is 237 g/mol. The van der Waals surface area contributed by atoms with Crippen molar-refractivity contribution in [1.29, 1.82) is 0 Å². The van der Waals surface area contributed by atoms with Crippen LogP contribution < -0.4 is 5.32 Å². The van der Waals surface area contributed by atoms with Crippen LogP contribution in [-0.2, 0) is 13.0 Å². The minimum absolute atomic E-state index is 0.611. The number of imidazole rings is 1. The van der Waals surface area contributed by atoms with Crippen molar-refractivity contribution in [3.05, 3.63) is 18.2 Å². The largest absolute Gasteiger partial charge is 0.335 e. The van der Waals surface area contributed by atoms with Gasteiger partial charge in [-0.2, -0.15) is 0 Å². The molecule has 3 heteroatoms. The van der Waals surface area contributed by atoms with E-state index in [2.05, 4.69) is 41.8 Å². The van der Waals surface area contributed by atoms with E-state index < -0.39 is 0 Å². The Morgan fingerprint density at radius 1 is 1.29 bits per heavy atom. The van der Waals surface area contributed by atoms with E-state index in [1.165, 1.54) is 31.5 Å². The summed E-state index contributed by atoms with van der Waals surface area (Å²) in [5, 5.41) is 3.45. The number of nitrogens with one attached hydrogen (secondary N) is 1. The van der Waals surface area contributed by atoms with E-state index in [4.69, 9.17) is 0 Å². The quantitative estimate of drug-likeness (QED) is 0.669. The van der Waals surface area contributed by atoms with Crippen molar-refractivity contribution in [1.82, 2.24) is 14.9 Å². The Morgan fingerprint density at radius 2 is 2.12 bits per heavy atom. The lowest BCUT2D eigenvalue weighted by Crippen LogP contribution is -2.23. The van der Waals surface area contributed by atoms with Crippen LogP contribution in [0.3, 0.4) is 0 Å². The molecule has 0 aromatic carbocycles. The lowest BCUT2D eigenvalue weighted by molar-refractivity contribution is 0.521. The summed E-state index contributed by atoms with van der Waals surface area (Å²) < 4.78 is 2.30. The fourth-order valence-electron chi connectivity index (χ4n) is 1.97. The Morgan fingerprint density at radius 3 is 2.82 bits per heavy atom. The Bertz CT molecular complexity index is 291. The van der Waals surface area contributed by atoms with Gasteiger partial charge in [0.05, 0.1) is 0 Å². The minimum Gasteiger partial charge on any atom is -0.335 e. The maximum atomic E-state index is 4.39. The third kappa shape index (κ3) is 5.87. The molecule has 3 nitrogen and oxygen atoms in total. The Kier molecular flexibility index (Phi) is 6.94. The standard InChI is InChI=1S/C14H27N3/c1-4-8-14-16-10-12-17(14)11-7-5-6-9-15-13(2)3/h10,12-13,15H,4-9,11H2,1-3H3. The number of rotatable bonds is 9. The highest BCUT2D eigenvalue weighted by molar-refractivity contribution is 4.92. The summed E-state index contributed by atoms with van der Waals surface area (Å²) in [5.74, 6) is 1.24. The minimum atomic E-state index is 0.611. The third-order valence-electron chi connectivity index (χ3n) is 2.90. The number of hydrogen-bond donors (Lipinski definition) is 1. The van der Waals surface area contributed by atoms with Gasteiger partial charge in [-0.1, -0.05) is 27.2 Å². The van der Waals surface area contributed by atoms with Crippen molar-refractivity contribution in [2.45, 2.75) is 65.5 Å². The molecular formula is C14H27N3. The Balaban J connectivity index is 2.11. The molecule has 1 N–H and O–H groups in total. The number of unbranched alkanes of at least 4 members (excludes halogenated alkanes) is 2. The summed E-state index contributed by atoms with van der Waals surface area (Å²) in [6.45, 7) is 8.86. The van der Waals surface area contributed by atoms with Crippen LogP contribution in [0.2, 0.25) is 0 Å². The zero-order chi connectivity index (χ0) is 12.5. The molecule has 1 heterocycles. The maximum Gasteiger partial charge on any atom is 0.108 e. The normalized spacial score (nSPS) is 11.3. The molecule has 0 aliphatic heterocycles. The van der Waals surface area contributed by atoms with Crippen molar-refractivity contribution in [3.8, 4) is 0 Å². The molecule has 0 aliphatic rings. The molecule has 0 fully saturated rings. The topological polar surface area (TPSA) is 29.9 Å². The second-order valence-electron chi connectivity index (χ2n) is 4.96. The van der Waals surface area contributed by atoms with Crippen LogP contribution in [-0.4, -0.2) is 22.1 Å². The van der Waals surface area contributed by atoms with Gasteiger partial charge in [-0.15, -0.1) is 0 Å². The summed E-state index contributed by atoms with van der Waals surface area (Å²) >= 11 is 0. The SMILES string of the molecule is CCCc1nccn1CCCCCNC(C)C. The molecule has 0 aliphatic carbocycles. The molecule has 0 saturated heterocycles. The van der Waals surface area contributed by atoms with Gasteiger partial charge in [0, 0.05) is 31.4 Å². The summed E-state index contributed by atoms with van der Waals surface area (Å²) in [5.41, 5.74) is 0. The van der Waals surface area contributed by atoms with Crippen LogP contribution in [0.4, 0.5) is 0 Å². The fourth-order valence-corrected chi connectivity index (χ4v) is 1.97. The summed E-state index contributed by atoms with van der Waals surface area (Å²) in [6, 6.07) is 0.611. The molecule has 98 valence electrons. The first-order valence-corrected chi connectivity index (χ1v) is 6.97. The van der Waals surface area contributed by atoms with Gasteiger partial charge in [0.25, 0.3) is 0 Å². The molecule has 1 aromatic rings. The molecule has 0 unspecified atom stereocenters. The third-order valence-corrected chi connectivity index (χ3v) is 2.90. The predicted molar refractivity (Wildman–Crippen MR) is 73.2 cm³/mol. The molecular weight excluding hydrogens is 210 g/mol. The second-order valence-corrected chi connectivity index (χ2v) is 4.96. The Hall–Kier alpha value is -0.830. The maximum absolute atomic E-state index is 4.39. The first-order valence-electron chi connectivity index (χ1n) is 6.97. The predicted octanol–water partition coefficient (Wildman–Crippen LogP) is 3.00. The molecule has 17 heavy (non-hydrogen) atoms. The number of aromatic nitrogens is 2. The van der Waals surface area contributed by atoms with E-state index in [9.17, 15) is 0 Å². The molecule has 1 aromatic heterocycles. The number of aryl methyl sites for hydroxylation is 2. The van der Waals surface area contributed by atoms with E-state index in [1.54, 1.807) is 0 Å². The van der Waals surface area contributed by atoms with Gasteiger partial charge in [-0.05, 0) is 25.8 Å². The molecule has 0 spiro atoms. The Labute approximate surface area is 106 Å². The van der Waals surface area contributed by atoms with E-state index in [1.807, 2.05) is 6.20 Å². The van der Waals surface area contributed by atoms with Crippen molar-refractivity contribution in [2.75, 3.05) is 6.54 Å². The molecule has 1 rings (SSSR count). The van der Waals surface area contributed by atoms with E-state index in [0.717, 1.165) is 19.5 Å². The van der Waals surface area contributed by atoms with Crippen molar-refractivity contribution in [3.63, 3.8) is 0 Å². The van der Waals surface area contributed by atoms with Crippen molar-refractivity contribution < 1.29 is 0 Å². The molecule has 0 radical (unpaired) electrons. The van der Waals surface area contributed by atoms with Crippen molar-refractivity contribution >= 4 is 0 Å².